The number of rotatable bonds is 4. The molecule has 98 valence electrons. The Balaban J connectivity index is 2.73. The van der Waals surface area contributed by atoms with Crippen molar-refractivity contribution < 1.29 is 23.1 Å². The second-order valence-corrected chi connectivity index (χ2v) is 3.57. The lowest BCUT2D eigenvalue weighted by Gasteiger charge is -2.12. The number of nitrogens with one attached hydrogen (secondary N) is 1. The Morgan fingerprint density at radius 1 is 1.39 bits per heavy atom. The Hall–Kier alpha value is -1.98. The van der Waals surface area contributed by atoms with Crippen molar-refractivity contribution in [2.75, 3.05) is 6.61 Å². The molecule has 6 heteroatoms. The van der Waals surface area contributed by atoms with Gasteiger partial charge >= 0.3 is 5.97 Å². The van der Waals surface area contributed by atoms with Crippen LogP contribution in [0.4, 0.5) is 8.78 Å². The SMILES string of the molecule is CCOC(=O)C(C)NC(=O)c1ccc(F)cc1F. The van der Waals surface area contributed by atoms with Crippen LogP contribution in [0.5, 0.6) is 0 Å². The Morgan fingerprint density at radius 2 is 2.06 bits per heavy atom. The zero-order chi connectivity index (χ0) is 13.7. The van der Waals surface area contributed by atoms with E-state index in [1.807, 2.05) is 0 Å². The number of benzene rings is 1. The maximum absolute atomic E-state index is 13.3. The number of esters is 1. The summed E-state index contributed by atoms with van der Waals surface area (Å²) in [5, 5.41) is 2.27. The summed E-state index contributed by atoms with van der Waals surface area (Å²) in [6.45, 7) is 3.23. The van der Waals surface area contributed by atoms with E-state index in [0.29, 0.717) is 6.07 Å². The maximum Gasteiger partial charge on any atom is 0.328 e. The number of carbonyl (C=O) groups is 2. The predicted molar refractivity (Wildman–Crippen MR) is 59.9 cm³/mol. The Kier molecular flexibility index (Phi) is 4.76. The molecule has 0 fully saturated rings. The zero-order valence-electron chi connectivity index (χ0n) is 10.00. The summed E-state index contributed by atoms with van der Waals surface area (Å²) in [7, 11) is 0. The number of hydrogen-bond acceptors (Lipinski definition) is 3. The number of carbonyl (C=O) groups excluding carboxylic acids is 2. The summed E-state index contributed by atoms with van der Waals surface area (Å²) >= 11 is 0. The number of hydrogen-bond donors (Lipinski definition) is 1. The third-order valence-corrected chi connectivity index (χ3v) is 2.16. The number of halogens is 2. The van der Waals surface area contributed by atoms with Crippen LogP contribution in [0.1, 0.15) is 24.2 Å². The van der Waals surface area contributed by atoms with E-state index in [1.54, 1.807) is 6.92 Å². The molecule has 4 nitrogen and oxygen atoms in total. The lowest BCUT2D eigenvalue weighted by Crippen LogP contribution is -2.39. The molecule has 1 unspecified atom stereocenters. The van der Waals surface area contributed by atoms with Gasteiger partial charge in [-0.05, 0) is 26.0 Å². The summed E-state index contributed by atoms with van der Waals surface area (Å²) in [4.78, 5) is 22.9. The third-order valence-electron chi connectivity index (χ3n) is 2.16. The average molecular weight is 257 g/mol. The fourth-order valence-corrected chi connectivity index (χ4v) is 1.27. The molecule has 0 saturated heterocycles. The van der Waals surface area contributed by atoms with Gasteiger partial charge < -0.3 is 10.1 Å². The largest absolute Gasteiger partial charge is 0.464 e. The van der Waals surface area contributed by atoms with Crippen LogP contribution in [-0.4, -0.2) is 24.5 Å². The summed E-state index contributed by atoms with van der Waals surface area (Å²) in [6, 6.07) is 1.68. The molecule has 1 aromatic rings. The Labute approximate surface area is 103 Å². The fourth-order valence-electron chi connectivity index (χ4n) is 1.27. The standard InChI is InChI=1S/C12H13F2NO3/c1-3-18-12(17)7(2)15-11(16)9-5-4-8(13)6-10(9)14/h4-7H,3H2,1-2H3,(H,15,16). The molecule has 0 radical (unpaired) electrons. The van der Waals surface area contributed by atoms with Gasteiger partial charge in [-0.15, -0.1) is 0 Å². The normalized spacial score (nSPS) is 11.8. The molecule has 1 aromatic carbocycles. The van der Waals surface area contributed by atoms with Gasteiger partial charge in [0.1, 0.15) is 17.7 Å². The van der Waals surface area contributed by atoms with Gasteiger partial charge in [-0.2, -0.15) is 0 Å². The van der Waals surface area contributed by atoms with Gasteiger partial charge in [0.05, 0.1) is 12.2 Å². The molecule has 0 aromatic heterocycles. The summed E-state index contributed by atoms with van der Waals surface area (Å²) in [5.41, 5.74) is -0.326. The van der Waals surface area contributed by atoms with Gasteiger partial charge in [0.15, 0.2) is 0 Å². The number of amides is 1. The molecule has 0 aliphatic carbocycles. The second-order valence-electron chi connectivity index (χ2n) is 3.57. The molecule has 1 N–H and O–H groups in total. The molecule has 0 saturated carbocycles. The van der Waals surface area contributed by atoms with Crippen LogP contribution in [-0.2, 0) is 9.53 Å². The van der Waals surface area contributed by atoms with Crippen molar-refractivity contribution in [2.24, 2.45) is 0 Å². The van der Waals surface area contributed by atoms with Crippen molar-refractivity contribution in [1.82, 2.24) is 5.32 Å². The molecule has 0 heterocycles. The molecule has 0 aliphatic rings. The van der Waals surface area contributed by atoms with Crippen LogP contribution in [0, 0.1) is 11.6 Å². The van der Waals surface area contributed by atoms with Gasteiger partial charge in [0.25, 0.3) is 5.91 Å². The average Bonchev–Trinajstić information content (AvgIpc) is 2.28. The van der Waals surface area contributed by atoms with E-state index in [2.05, 4.69) is 10.1 Å². The summed E-state index contributed by atoms with van der Waals surface area (Å²) in [6.07, 6.45) is 0. The van der Waals surface area contributed by atoms with Crippen LogP contribution in [0.15, 0.2) is 18.2 Å². The van der Waals surface area contributed by atoms with E-state index in [9.17, 15) is 18.4 Å². The van der Waals surface area contributed by atoms with Crippen LogP contribution in [0.3, 0.4) is 0 Å². The molecule has 0 spiro atoms. The first-order chi connectivity index (χ1) is 8.45. The molecule has 1 atom stereocenters. The van der Waals surface area contributed by atoms with E-state index < -0.39 is 29.6 Å². The third kappa shape index (κ3) is 3.51. The minimum absolute atomic E-state index is 0.184. The van der Waals surface area contributed by atoms with Gasteiger partial charge in [0.2, 0.25) is 0 Å². The highest BCUT2D eigenvalue weighted by molar-refractivity contribution is 5.96. The van der Waals surface area contributed by atoms with Crippen molar-refractivity contribution in [3.8, 4) is 0 Å². The van der Waals surface area contributed by atoms with Crippen LogP contribution >= 0.6 is 0 Å². The lowest BCUT2D eigenvalue weighted by molar-refractivity contribution is -0.144. The van der Waals surface area contributed by atoms with E-state index in [1.165, 1.54) is 6.92 Å². The molecular weight excluding hydrogens is 244 g/mol. The molecular formula is C12H13F2NO3. The minimum Gasteiger partial charge on any atom is -0.464 e. The summed E-state index contributed by atoms with van der Waals surface area (Å²) < 4.78 is 30.6. The van der Waals surface area contributed by atoms with Crippen molar-refractivity contribution >= 4 is 11.9 Å². The monoisotopic (exact) mass is 257 g/mol. The molecule has 18 heavy (non-hydrogen) atoms. The topological polar surface area (TPSA) is 55.4 Å². The zero-order valence-corrected chi connectivity index (χ0v) is 10.00. The van der Waals surface area contributed by atoms with Crippen molar-refractivity contribution in [3.63, 3.8) is 0 Å². The van der Waals surface area contributed by atoms with E-state index in [4.69, 9.17) is 0 Å². The van der Waals surface area contributed by atoms with Gasteiger partial charge in [-0.1, -0.05) is 0 Å². The maximum atomic E-state index is 13.3. The van der Waals surface area contributed by atoms with E-state index in [-0.39, 0.29) is 12.2 Å². The van der Waals surface area contributed by atoms with Crippen LogP contribution < -0.4 is 5.32 Å². The summed E-state index contributed by atoms with van der Waals surface area (Å²) in [5.74, 6) is -3.17. The molecule has 1 amide bonds. The van der Waals surface area contributed by atoms with Crippen molar-refractivity contribution in [2.45, 2.75) is 19.9 Å². The highest BCUT2D eigenvalue weighted by Crippen LogP contribution is 2.09. The molecule has 1 rings (SSSR count). The first-order valence-corrected chi connectivity index (χ1v) is 5.38. The van der Waals surface area contributed by atoms with E-state index >= 15 is 0 Å². The minimum atomic E-state index is -0.983. The highest BCUT2D eigenvalue weighted by Gasteiger charge is 2.19. The quantitative estimate of drug-likeness (QED) is 0.834. The fraction of sp³-hybridized carbons (Fsp3) is 0.333. The first kappa shape index (κ1) is 14.1. The van der Waals surface area contributed by atoms with Gasteiger partial charge in [-0.3, -0.25) is 4.79 Å². The molecule has 0 aliphatic heterocycles. The van der Waals surface area contributed by atoms with Crippen LogP contribution in [0.2, 0.25) is 0 Å². The van der Waals surface area contributed by atoms with Crippen LogP contribution in [0.25, 0.3) is 0 Å². The highest BCUT2D eigenvalue weighted by atomic mass is 19.1. The smallest absolute Gasteiger partial charge is 0.328 e. The van der Waals surface area contributed by atoms with Gasteiger partial charge in [-0.25, -0.2) is 13.6 Å². The Morgan fingerprint density at radius 3 is 2.61 bits per heavy atom. The van der Waals surface area contributed by atoms with Crippen molar-refractivity contribution in [3.05, 3.63) is 35.4 Å². The Bertz CT molecular complexity index is 463. The van der Waals surface area contributed by atoms with Crippen molar-refractivity contribution in [1.29, 1.82) is 0 Å². The number of ether oxygens (including phenoxy) is 1. The second kappa shape index (κ2) is 6.09. The predicted octanol–water partition coefficient (Wildman–Crippen LogP) is 1.65. The van der Waals surface area contributed by atoms with E-state index in [0.717, 1.165) is 12.1 Å². The molecule has 0 bridgehead atoms. The lowest BCUT2D eigenvalue weighted by atomic mass is 10.2. The first-order valence-electron chi connectivity index (χ1n) is 5.38. The van der Waals surface area contributed by atoms with Gasteiger partial charge in [0, 0.05) is 6.07 Å².